The standard InChI is InChI=1S/C12H23N5O/c1-8(2)12(13)10-6-17(15-14-10)7-11(18)16(5)9(3)4/h6,8-9,12H,7,13H2,1-5H3. The maximum atomic E-state index is 11.9. The molecule has 18 heavy (non-hydrogen) atoms. The highest BCUT2D eigenvalue weighted by molar-refractivity contribution is 5.75. The maximum Gasteiger partial charge on any atom is 0.244 e. The number of rotatable bonds is 5. The molecule has 0 bridgehead atoms. The van der Waals surface area contributed by atoms with Gasteiger partial charge in [-0.25, -0.2) is 4.68 Å². The van der Waals surface area contributed by atoms with E-state index >= 15 is 0 Å². The lowest BCUT2D eigenvalue weighted by molar-refractivity contribution is -0.132. The van der Waals surface area contributed by atoms with Crippen LogP contribution in [0.5, 0.6) is 0 Å². The second kappa shape index (κ2) is 5.95. The van der Waals surface area contributed by atoms with Gasteiger partial charge in [-0.15, -0.1) is 5.10 Å². The molecule has 0 aliphatic carbocycles. The summed E-state index contributed by atoms with van der Waals surface area (Å²) in [6.45, 7) is 8.20. The van der Waals surface area contributed by atoms with Gasteiger partial charge in [-0.05, 0) is 19.8 Å². The average Bonchev–Trinajstić information content (AvgIpc) is 2.74. The van der Waals surface area contributed by atoms with E-state index in [0.29, 0.717) is 5.92 Å². The van der Waals surface area contributed by atoms with E-state index in [9.17, 15) is 4.79 Å². The van der Waals surface area contributed by atoms with Gasteiger partial charge < -0.3 is 10.6 Å². The molecule has 0 spiro atoms. The van der Waals surface area contributed by atoms with Crippen LogP contribution in [0.15, 0.2) is 6.20 Å². The first kappa shape index (κ1) is 14.6. The molecule has 1 atom stereocenters. The van der Waals surface area contributed by atoms with E-state index in [1.807, 2.05) is 27.7 Å². The third-order valence-corrected chi connectivity index (χ3v) is 3.08. The van der Waals surface area contributed by atoms with Crippen molar-refractivity contribution in [1.82, 2.24) is 19.9 Å². The predicted molar refractivity (Wildman–Crippen MR) is 69.7 cm³/mol. The van der Waals surface area contributed by atoms with Gasteiger partial charge in [0.05, 0.1) is 17.9 Å². The molecule has 2 N–H and O–H groups in total. The molecule has 1 amide bonds. The van der Waals surface area contributed by atoms with Gasteiger partial charge in [-0.3, -0.25) is 4.79 Å². The summed E-state index contributed by atoms with van der Waals surface area (Å²) in [6.07, 6.45) is 1.75. The van der Waals surface area contributed by atoms with Crippen molar-refractivity contribution in [2.24, 2.45) is 11.7 Å². The highest BCUT2D eigenvalue weighted by atomic mass is 16.2. The fraction of sp³-hybridized carbons (Fsp3) is 0.750. The second-order valence-electron chi connectivity index (χ2n) is 5.21. The molecule has 1 unspecified atom stereocenters. The van der Waals surface area contributed by atoms with Gasteiger partial charge in [0.2, 0.25) is 5.91 Å². The first-order valence-corrected chi connectivity index (χ1v) is 6.24. The summed E-state index contributed by atoms with van der Waals surface area (Å²) in [6, 6.07) is 0.0371. The van der Waals surface area contributed by atoms with E-state index in [0.717, 1.165) is 5.69 Å². The average molecular weight is 253 g/mol. The summed E-state index contributed by atoms with van der Waals surface area (Å²) in [4.78, 5) is 13.6. The van der Waals surface area contributed by atoms with Crippen molar-refractivity contribution in [2.45, 2.75) is 46.3 Å². The fourth-order valence-corrected chi connectivity index (χ4v) is 1.42. The van der Waals surface area contributed by atoms with Crippen molar-refractivity contribution in [3.05, 3.63) is 11.9 Å². The third-order valence-electron chi connectivity index (χ3n) is 3.08. The normalized spacial score (nSPS) is 13.1. The highest BCUT2D eigenvalue weighted by Gasteiger charge is 2.17. The first-order chi connectivity index (χ1) is 8.32. The Morgan fingerprint density at radius 3 is 2.56 bits per heavy atom. The Morgan fingerprint density at radius 1 is 1.44 bits per heavy atom. The smallest absolute Gasteiger partial charge is 0.244 e. The van der Waals surface area contributed by atoms with Crippen LogP contribution in [0, 0.1) is 5.92 Å². The molecule has 1 aromatic rings. The Hall–Kier alpha value is -1.43. The number of carbonyl (C=O) groups is 1. The topological polar surface area (TPSA) is 77.0 Å². The number of hydrogen-bond donors (Lipinski definition) is 1. The zero-order valence-electron chi connectivity index (χ0n) is 11.8. The molecule has 6 nitrogen and oxygen atoms in total. The summed E-state index contributed by atoms with van der Waals surface area (Å²) < 4.78 is 1.54. The largest absolute Gasteiger partial charge is 0.342 e. The number of carbonyl (C=O) groups excluding carboxylic acids is 1. The quantitative estimate of drug-likeness (QED) is 0.842. The van der Waals surface area contributed by atoms with E-state index in [2.05, 4.69) is 10.3 Å². The lowest BCUT2D eigenvalue weighted by Crippen LogP contribution is -2.35. The monoisotopic (exact) mass is 253 g/mol. The van der Waals surface area contributed by atoms with Crippen molar-refractivity contribution < 1.29 is 4.79 Å². The predicted octanol–water partition coefficient (Wildman–Crippen LogP) is 0.801. The molecule has 1 heterocycles. The van der Waals surface area contributed by atoms with Crippen LogP contribution in [0.25, 0.3) is 0 Å². The molecule has 0 saturated carbocycles. The second-order valence-corrected chi connectivity index (χ2v) is 5.21. The lowest BCUT2D eigenvalue weighted by Gasteiger charge is -2.21. The molecule has 0 aliphatic heterocycles. The Kier molecular flexibility index (Phi) is 4.84. The van der Waals surface area contributed by atoms with E-state index in [1.165, 1.54) is 0 Å². The van der Waals surface area contributed by atoms with Gasteiger partial charge >= 0.3 is 0 Å². The number of nitrogens with two attached hydrogens (primary N) is 1. The number of likely N-dealkylation sites (N-methyl/N-ethyl adjacent to an activating group) is 1. The molecular weight excluding hydrogens is 230 g/mol. The number of aromatic nitrogens is 3. The minimum atomic E-state index is -0.142. The Morgan fingerprint density at radius 2 is 2.06 bits per heavy atom. The summed E-state index contributed by atoms with van der Waals surface area (Å²) >= 11 is 0. The number of amides is 1. The summed E-state index contributed by atoms with van der Waals surface area (Å²) in [5, 5.41) is 7.95. The molecule has 0 saturated heterocycles. The lowest BCUT2D eigenvalue weighted by atomic mass is 10.0. The van der Waals surface area contributed by atoms with Crippen LogP contribution in [0.3, 0.4) is 0 Å². The molecule has 6 heteroatoms. The van der Waals surface area contributed by atoms with Gasteiger partial charge in [0, 0.05) is 13.1 Å². The molecule has 0 fully saturated rings. The van der Waals surface area contributed by atoms with Gasteiger partial charge in [0.15, 0.2) is 0 Å². The van der Waals surface area contributed by atoms with E-state index in [-0.39, 0.29) is 24.5 Å². The van der Waals surface area contributed by atoms with Crippen molar-refractivity contribution >= 4 is 5.91 Å². The van der Waals surface area contributed by atoms with Crippen LogP contribution in [0.1, 0.15) is 39.4 Å². The Bertz CT molecular complexity index is 399. The Balaban J connectivity index is 2.67. The van der Waals surface area contributed by atoms with Crippen molar-refractivity contribution in [3.63, 3.8) is 0 Å². The minimum Gasteiger partial charge on any atom is -0.342 e. The van der Waals surface area contributed by atoms with E-state index in [1.54, 1.807) is 22.8 Å². The van der Waals surface area contributed by atoms with Gasteiger partial charge in [0.1, 0.15) is 6.54 Å². The maximum absolute atomic E-state index is 11.9. The van der Waals surface area contributed by atoms with Crippen molar-refractivity contribution in [3.8, 4) is 0 Å². The third kappa shape index (κ3) is 3.53. The molecule has 0 aliphatic rings. The molecule has 1 rings (SSSR count). The molecular formula is C12H23N5O. The summed E-state index contributed by atoms with van der Waals surface area (Å²) in [5.41, 5.74) is 6.71. The molecule has 102 valence electrons. The number of nitrogens with zero attached hydrogens (tertiary/aromatic N) is 4. The zero-order chi connectivity index (χ0) is 13.9. The summed E-state index contributed by atoms with van der Waals surface area (Å²) in [7, 11) is 1.78. The van der Waals surface area contributed by atoms with Crippen LogP contribution < -0.4 is 5.73 Å². The van der Waals surface area contributed by atoms with Gasteiger partial charge in [0.25, 0.3) is 0 Å². The molecule has 1 aromatic heterocycles. The van der Waals surface area contributed by atoms with Gasteiger partial charge in [-0.1, -0.05) is 19.1 Å². The molecule has 0 aromatic carbocycles. The first-order valence-electron chi connectivity index (χ1n) is 6.24. The highest BCUT2D eigenvalue weighted by Crippen LogP contribution is 2.15. The van der Waals surface area contributed by atoms with Crippen LogP contribution >= 0.6 is 0 Å². The summed E-state index contributed by atoms with van der Waals surface area (Å²) in [5.74, 6) is 0.309. The van der Waals surface area contributed by atoms with Crippen LogP contribution in [-0.2, 0) is 11.3 Å². The van der Waals surface area contributed by atoms with Gasteiger partial charge in [-0.2, -0.15) is 0 Å². The number of hydrogen-bond acceptors (Lipinski definition) is 4. The zero-order valence-corrected chi connectivity index (χ0v) is 11.8. The van der Waals surface area contributed by atoms with E-state index in [4.69, 9.17) is 5.73 Å². The minimum absolute atomic E-state index is 0.0135. The van der Waals surface area contributed by atoms with E-state index < -0.39 is 0 Å². The van der Waals surface area contributed by atoms with Crippen LogP contribution in [-0.4, -0.2) is 38.9 Å². The van der Waals surface area contributed by atoms with Crippen molar-refractivity contribution in [1.29, 1.82) is 0 Å². The van der Waals surface area contributed by atoms with Crippen molar-refractivity contribution in [2.75, 3.05) is 7.05 Å². The SMILES string of the molecule is CC(C)C(N)c1cn(CC(=O)N(C)C(C)C)nn1. The fourth-order valence-electron chi connectivity index (χ4n) is 1.42. The van der Waals surface area contributed by atoms with Crippen LogP contribution in [0.2, 0.25) is 0 Å². The molecule has 0 radical (unpaired) electrons. The Labute approximate surface area is 108 Å². The van der Waals surface area contributed by atoms with Crippen LogP contribution in [0.4, 0.5) is 0 Å².